The molecule has 0 amide bonds. The summed E-state index contributed by atoms with van der Waals surface area (Å²) < 4.78 is 6.04. The fourth-order valence-electron chi connectivity index (χ4n) is 7.36. The second kappa shape index (κ2) is 6.37. The van der Waals surface area contributed by atoms with E-state index in [1.807, 2.05) is 18.2 Å². The van der Waals surface area contributed by atoms with E-state index in [2.05, 4.69) is 42.5 Å². The Bertz CT molecular complexity index is 1310. The van der Waals surface area contributed by atoms with Gasteiger partial charge in [-0.3, -0.25) is 0 Å². The van der Waals surface area contributed by atoms with E-state index >= 15 is 0 Å². The Morgan fingerprint density at radius 1 is 0.806 bits per heavy atom. The van der Waals surface area contributed by atoms with Crippen molar-refractivity contribution in [3.63, 3.8) is 0 Å². The van der Waals surface area contributed by atoms with Gasteiger partial charge in [0.05, 0.1) is 10.6 Å². The standard InChI is InChI=1S/C28H25ClO2/c29-25-7-3-5-22-23-15-18(8-9-26(23)31-27(22)25)21-4-1-2-6-24(21)28(30)19-11-16-10-17(13-19)14-20(28)12-16/h1-9,15-17,19-20,30H,10-14H2. The molecular weight excluding hydrogens is 404 g/mol. The Labute approximate surface area is 186 Å². The number of furan rings is 1. The van der Waals surface area contributed by atoms with Gasteiger partial charge >= 0.3 is 0 Å². The van der Waals surface area contributed by atoms with E-state index in [4.69, 9.17) is 16.0 Å². The smallest absolute Gasteiger partial charge is 0.153 e. The molecule has 156 valence electrons. The highest BCUT2D eigenvalue weighted by Gasteiger charge is 2.57. The molecule has 0 radical (unpaired) electrons. The van der Waals surface area contributed by atoms with Crippen molar-refractivity contribution in [2.45, 2.75) is 37.7 Å². The minimum atomic E-state index is -0.708. The monoisotopic (exact) mass is 428 g/mol. The van der Waals surface area contributed by atoms with E-state index in [0.29, 0.717) is 16.9 Å². The second-order valence-electron chi connectivity index (χ2n) is 10.1. The zero-order valence-electron chi connectivity index (χ0n) is 17.4. The molecule has 1 N–H and O–H groups in total. The molecule has 8 rings (SSSR count). The fraction of sp³-hybridized carbons (Fsp3) is 0.357. The van der Waals surface area contributed by atoms with Crippen LogP contribution in [0.15, 0.2) is 65.1 Å². The first kappa shape index (κ1) is 18.3. The molecule has 4 fully saturated rings. The maximum atomic E-state index is 12.2. The van der Waals surface area contributed by atoms with Crippen molar-refractivity contribution in [1.29, 1.82) is 0 Å². The van der Waals surface area contributed by atoms with Gasteiger partial charge in [-0.15, -0.1) is 0 Å². The highest BCUT2D eigenvalue weighted by molar-refractivity contribution is 6.35. The number of hydrogen-bond acceptors (Lipinski definition) is 2. The summed E-state index contributed by atoms with van der Waals surface area (Å²) >= 11 is 6.37. The van der Waals surface area contributed by atoms with Gasteiger partial charge < -0.3 is 9.52 Å². The van der Waals surface area contributed by atoms with Gasteiger partial charge in [-0.25, -0.2) is 0 Å². The van der Waals surface area contributed by atoms with E-state index < -0.39 is 5.60 Å². The number of fused-ring (bicyclic) bond motifs is 3. The number of halogens is 1. The van der Waals surface area contributed by atoms with Crippen LogP contribution in [0.3, 0.4) is 0 Å². The van der Waals surface area contributed by atoms with Crippen molar-refractivity contribution in [1.82, 2.24) is 0 Å². The van der Waals surface area contributed by atoms with Gasteiger partial charge in [-0.2, -0.15) is 0 Å². The normalized spacial score (nSPS) is 31.7. The van der Waals surface area contributed by atoms with Gasteiger partial charge in [0.15, 0.2) is 5.58 Å². The van der Waals surface area contributed by atoms with Crippen LogP contribution in [0.1, 0.15) is 37.7 Å². The maximum absolute atomic E-state index is 12.2. The molecule has 1 aromatic heterocycles. The van der Waals surface area contributed by atoms with Gasteiger partial charge in [0.1, 0.15) is 5.58 Å². The molecule has 1 heterocycles. The van der Waals surface area contributed by atoms with Crippen LogP contribution < -0.4 is 0 Å². The van der Waals surface area contributed by atoms with Crippen LogP contribution in [0, 0.1) is 23.7 Å². The van der Waals surface area contributed by atoms with E-state index in [1.54, 1.807) is 0 Å². The molecule has 3 heteroatoms. The summed E-state index contributed by atoms with van der Waals surface area (Å²) in [7, 11) is 0. The fourth-order valence-corrected chi connectivity index (χ4v) is 7.57. The van der Waals surface area contributed by atoms with Crippen molar-refractivity contribution in [3.8, 4) is 11.1 Å². The highest BCUT2D eigenvalue weighted by atomic mass is 35.5. The predicted molar refractivity (Wildman–Crippen MR) is 125 cm³/mol. The Morgan fingerprint density at radius 3 is 2.32 bits per heavy atom. The van der Waals surface area contributed by atoms with Crippen molar-refractivity contribution >= 4 is 33.5 Å². The zero-order chi connectivity index (χ0) is 20.7. The number of aliphatic hydroxyl groups is 1. The van der Waals surface area contributed by atoms with E-state index in [1.165, 1.54) is 32.1 Å². The summed E-state index contributed by atoms with van der Waals surface area (Å²) in [6.45, 7) is 0. The van der Waals surface area contributed by atoms with Crippen LogP contribution in [-0.4, -0.2) is 5.11 Å². The molecule has 4 bridgehead atoms. The highest BCUT2D eigenvalue weighted by Crippen LogP contribution is 2.62. The Hall–Kier alpha value is -2.29. The average Bonchev–Trinajstić information content (AvgIpc) is 3.16. The van der Waals surface area contributed by atoms with E-state index in [0.717, 1.165) is 50.5 Å². The lowest BCUT2D eigenvalue weighted by Crippen LogP contribution is -2.55. The number of rotatable bonds is 2. The first-order chi connectivity index (χ1) is 15.1. The van der Waals surface area contributed by atoms with Crippen molar-refractivity contribution in [3.05, 3.63) is 71.2 Å². The van der Waals surface area contributed by atoms with E-state index in [9.17, 15) is 5.11 Å². The molecule has 0 spiro atoms. The van der Waals surface area contributed by atoms with Gasteiger partial charge in [-0.05, 0) is 90.7 Å². The van der Waals surface area contributed by atoms with Gasteiger partial charge in [0, 0.05) is 10.8 Å². The van der Waals surface area contributed by atoms with Crippen molar-refractivity contribution in [2.75, 3.05) is 0 Å². The lowest BCUT2D eigenvalue weighted by molar-refractivity contribution is -0.179. The van der Waals surface area contributed by atoms with Crippen molar-refractivity contribution < 1.29 is 9.52 Å². The molecule has 4 aromatic rings. The lowest BCUT2D eigenvalue weighted by atomic mass is 9.48. The lowest BCUT2D eigenvalue weighted by Gasteiger charge is -2.59. The molecule has 4 saturated carbocycles. The molecule has 3 aromatic carbocycles. The predicted octanol–water partition coefficient (Wildman–Crippen LogP) is 7.55. The minimum absolute atomic E-state index is 0.391. The zero-order valence-corrected chi connectivity index (χ0v) is 18.1. The first-order valence-corrected chi connectivity index (χ1v) is 11.9. The average molecular weight is 429 g/mol. The summed E-state index contributed by atoms with van der Waals surface area (Å²) in [6, 6.07) is 20.8. The molecular formula is C28H25ClO2. The largest absolute Gasteiger partial charge is 0.454 e. The SMILES string of the molecule is OC1(c2ccccc2-c2ccc3oc4c(Cl)cccc4c3c2)C2CC3CC(C2)CC1C3. The molecule has 0 atom stereocenters. The van der Waals surface area contributed by atoms with Gasteiger partial charge in [0.2, 0.25) is 0 Å². The van der Waals surface area contributed by atoms with Crippen LogP contribution >= 0.6 is 11.6 Å². The number of benzene rings is 3. The number of hydrogen-bond donors (Lipinski definition) is 1. The Morgan fingerprint density at radius 2 is 1.55 bits per heavy atom. The molecule has 0 unspecified atom stereocenters. The third-order valence-electron chi connectivity index (χ3n) is 8.50. The molecule has 4 aliphatic rings. The van der Waals surface area contributed by atoms with Gasteiger partial charge in [-0.1, -0.05) is 54.1 Å². The Kier molecular flexibility index (Phi) is 3.76. The summed E-state index contributed by atoms with van der Waals surface area (Å²) in [5.41, 5.74) is 4.28. The third kappa shape index (κ3) is 2.49. The molecule has 0 aliphatic heterocycles. The summed E-state index contributed by atoms with van der Waals surface area (Å²) in [4.78, 5) is 0. The second-order valence-corrected chi connectivity index (χ2v) is 10.5. The topological polar surface area (TPSA) is 33.4 Å². The first-order valence-electron chi connectivity index (χ1n) is 11.5. The van der Waals surface area contributed by atoms with Crippen LogP contribution in [0.5, 0.6) is 0 Å². The summed E-state index contributed by atoms with van der Waals surface area (Å²) in [5.74, 6) is 2.44. The van der Waals surface area contributed by atoms with Crippen LogP contribution in [-0.2, 0) is 5.60 Å². The van der Waals surface area contributed by atoms with E-state index in [-0.39, 0.29) is 0 Å². The Balaban J connectivity index is 1.41. The number of para-hydroxylation sites is 1. The molecule has 0 saturated heterocycles. The molecule has 4 aliphatic carbocycles. The maximum Gasteiger partial charge on any atom is 0.153 e. The van der Waals surface area contributed by atoms with Crippen LogP contribution in [0.2, 0.25) is 5.02 Å². The van der Waals surface area contributed by atoms with Crippen molar-refractivity contribution in [2.24, 2.45) is 23.7 Å². The van der Waals surface area contributed by atoms with Crippen LogP contribution in [0.25, 0.3) is 33.1 Å². The molecule has 31 heavy (non-hydrogen) atoms. The third-order valence-corrected chi connectivity index (χ3v) is 8.80. The summed E-state index contributed by atoms with van der Waals surface area (Å²) in [5, 5.41) is 15.0. The quantitative estimate of drug-likeness (QED) is 0.357. The van der Waals surface area contributed by atoms with Gasteiger partial charge in [0.25, 0.3) is 0 Å². The summed E-state index contributed by atoms with van der Waals surface area (Å²) in [6.07, 6.45) is 6.12. The van der Waals surface area contributed by atoms with Crippen LogP contribution in [0.4, 0.5) is 0 Å². The molecule has 2 nitrogen and oxygen atoms in total. The minimum Gasteiger partial charge on any atom is -0.454 e.